The lowest BCUT2D eigenvalue weighted by Gasteiger charge is -2.02. The number of hydrogen-bond acceptors (Lipinski definition) is 5. The van der Waals surface area contributed by atoms with Crippen molar-refractivity contribution in [3.8, 4) is 37.2 Å². The molecule has 4 aromatic heterocycles. The third kappa shape index (κ3) is 3.51. The largest absolute Gasteiger partial charge is 0.481 e. The Hall–Kier alpha value is -2.02. The zero-order valence-corrected chi connectivity index (χ0v) is 16.5. The molecule has 4 heterocycles. The van der Waals surface area contributed by atoms with Crippen LogP contribution >= 0.6 is 38.6 Å². The lowest BCUT2D eigenvalue weighted by atomic mass is 10.1. The van der Waals surface area contributed by atoms with Crippen molar-refractivity contribution in [1.82, 2.24) is 9.97 Å². The number of pyridine rings is 2. The van der Waals surface area contributed by atoms with Crippen LogP contribution in [-0.2, 0) is 0 Å². The zero-order valence-electron chi connectivity index (χ0n) is 13.3. The molecule has 0 bridgehead atoms. The molecular formula is C19H13BrN2OS2. The van der Waals surface area contributed by atoms with Crippen molar-refractivity contribution in [3.05, 3.63) is 64.8 Å². The lowest BCUT2D eigenvalue weighted by Crippen LogP contribution is -1.85. The molecule has 25 heavy (non-hydrogen) atoms. The summed E-state index contributed by atoms with van der Waals surface area (Å²) in [7, 11) is 1.62. The van der Waals surface area contributed by atoms with E-state index >= 15 is 0 Å². The molecule has 0 aliphatic carbocycles. The van der Waals surface area contributed by atoms with Crippen molar-refractivity contribution in [3.63, 3.8) is 0 Å². The molecule has 0 aromatic carbocycles. The number of hydrogen-bond donors (Lipinski definition) is 0. The quantitative estimate of drug-likeness (QED) is 0.378. The van der Waals surface area contributed by atoms with Gasteiger partial charge in [-0.15, -0.1) is 22.7 Å². The van der Waals surface area contributed by atoms with Crippen LogP contribution in [0, 0.1) is 0 Å². The van der Waals surface area contributed by atoms with Crippen molar-refractivity contribution >= 4 is 38.6 Å². The first-order chi connectivity index (χ1) is 12.2. The SMILES string of the molecule is COc1ccc(-c2ccc(-c3cncc(-c4ccc(Br)s4)c3)s2)cn1. The summed E-state index contributed by atoms with van der Waals surface area (Å²) in [5, 5.41) is 0. The lowest BCUT2D eigenvalue weighted by molar-refractivity contribution is 0.398. The summed E-state index contributed by atoms with van der Waals surface area (Å²) in [6.07, 6.45) is 5.66. The average molecular weight is 429 g/mol. The van der Waals surface area contributed by atoms with Gasteiger partial charge in [-0.3, -0.25) is 4.98 Å². The highest BCUT2D eigenvalue weighted by Crippen LogP contribution is 2.37. The first-order valence-corrected chi connectivity index (χ1v) is 9.97. The van der Waals surface area contributed by atoms with Crippen molar-refractivity contribution in [2.45, 2.75) is 0 Å². The third-order valence-corrected chi connectivity index (χ3v) is 6.57. The molecule has 124 valence electrons. The summed E-state index contributed by atoms with van der Waals surface area (Å²) >= 11 is 6.96. The summed E-state index contributed by atoms with van der Waals surface area (Å²) in [6.45, 7) is 0. The smallest absolute Gasteiger partial charge is 0.212 e. The summed E-state index contributed by atoms with van der Waals surface area (Å²) in [6, 6.07) is 14.5. The van der Waals surface area contributed by atoms with Gasteiger partial charge in [0.05, 0.1) is 10.9 Å². The van der Waals surface area contributed by atoms with E-state index in [1.165, 1.54) is 14.6 Å². The molecule has 6 heteroatoms. The molecule has 0 amide bonds. The van der Waals surface area contributed by atoms with E-state index in [9.17, 15) is 0 Å². The maximum Gasteiger partial charge on any atom is 0.212 e. The number of halogens is 1. The number of methoxy groups -OCH3 is 1. The van der Waals surface area contributed by atoms with Crippen molar-refractivity contribution in [1.29, 1.82) is 0 Å². The van der Waals surface area contributed by atoms with Gasteiger partial charge in [0.2, 0.25) is 5.88 Å². The van der Waals surface area contributed by atoms with E-state index in [-0.39, 0.29) is 0 Å². The van der Waals surface area contributed by atoms with Crippen LogP contribution in [-0.4, -0.2) is 17.1 Å². The van der Waals surface area contributed by atoms with Gasteiger partial charge in [-0.25, -0.2) is 4.98 Å². The Morgan fingerprint density at radius 2 is 1.48 bits per heavy atom. The summed E-state index contributed by atoms with van der Waals surface area (Å²) in [5.41, 5.74) is 3.34. The number of aromatic nitrogens is 2. The minimum absolute atomic E-state index is 0.625. The topological polar surface area (TPSA) is 35.0 Å². The van der Waals surface area contributed by atoms with Gasteiger partial charge in [0.25, 0.3) is 0 Å². The molecule has 0 N–H and O–H groups in total. The van der Waals surface area contributed by atoms with Crippen LogP contribution in [0.25, 0.3) is 31.3 Å². The maximum atomic E-state index is 5.12. The van der Waals surface area contributed by atoms with Gasteiger partial charge in [0, 0.05) is 56.0 Å². The molecular weight excluding hydrogens is 416 g/mol. The van der Waals surface area contributed by atoms with Crippen LogP contribution in [0.5, 0.6) is 5.88 Å². The Morgan fingerprint density at radius 3 is 2.08 bits per heavy atom. The summed E-state index contributed by atoms with van der Waals surface area (Å²) in [4.78, 5) is 12.3. The normalized spacial score (nSPS) is 10.8. The van der Waals surface area contributed by atoms with Crippen molar-refractivity contribution in [2.75, 3.05) is 7.11 Å². The van der Waals surface area contributed by atoms with Crippen molar-refractivity contribution < 1.29 is 4.74 Å². The molecule has 0 aliphatic heterocycles. The fraction of sp³-hybridized carbons (Fsp3) is 0.0526. The fourth-order valence-corrected chi connectivity index (χ4v) is 4.82. The van der Waals surface area contributed by atoms with E-state index in [1.807, 2.05) is 30.7 Å². The molecule has 0 atom stereocenters. The van der Waals surface area contributed by atoms with E-state index in [1.54, 1.807) is 29.8 Å². The van der Waals surface area contributed by atoms with Crippen LogP contribution in [0.4, 0.5) is 0 Å². The second-order valence-electron chi connectivity index (χ2n) is 5.32. The van der Waals surface area contributed by atoms with Gasteiger partial charge in [0.15, 0.2) is 0 Å². The number of thiophene rings is 2. The zero-order chi connectivity index (χ0) is 17.2. The van der Waals surface area contributed by atoms with E-state index in [4.69, 9.17) is 4.74 Å². The number of rotatable bonds is 4. The highest BCUT2D eigenvalue weighted by atomic mass is 79.9. The average Bonchev–Trinajstić information content (AvgIpc) is 3.31. The van der Waals surface area contributed by atoms with Crippen LogP contribution < -0.4 is 4.74 Å². The van der Waals surface area contributed by atoms with Gasteiger partial charge >= 0.3 is 0 Å². The van der Waals surface area contributed by atoms with Crippen LogP contribution in [0.3, 0.4) is 0 Å². The van der Waals surface area contributed by atoms with Crippen LogP contribution in [0.1, 0.15) is 0 Å². The van der Waals surface area contributed by atoms with Gasteiger partial charge in [-0.2, -0.15) is 0 Å². The van der Waals surface area contributed by atoms with E-state index in [2.05, 4.69) is 56.2 Å². The Kier molecular flexibility index (Phi) is 4.65. The Labute approximate surface area is 162 Å². The van der Waals surface area contributed by atoms with Crippen LogP contribution in [0.2, 0.25) is 0 Å². The molecule has 0 aliphatic rings. The number of nitrogens with zero attached hydrogens (tertiary/aromatic N) is 2. The molecule has 0 unspecified atom stereocenters. The second-order valence-corrected chi connectivity index (χ2v) is 8.87. The van der Waals surface area contributed by atoms with Gasteiger partial charge in [-0.05, 0) is 52.3 Å². The molecule has 0 spiro atoms. The standard InChI is InChI=1S/C19H13BrN2OS2/c1-23-19-7-2-12(11-22-19)15-3-4-16(24-15)13-8-14(10-21-9-13)17-5-6-18(20)25-17/h2-11H,1H3. The van der Waals surface area contributed by atoms with Gasteiger partial charge in [-0.1, -0.05) is 0 Å². The monoisotopic (exact) mass is 428 g/mol. The molecule has 0 fully saturated rings. The van der Waals surface area contributed by atoms with Gasteiger partial charge in [0.1, 0.15) is 0 Å². The highest BCUT2D eigenvalue weighted by molar-refractivity contribution is 9.11. The highest BCUT2D eigenvalue weighted by Gasteiger charge is 2.09. The minimum atomic E-state index is 0.625. The molecule has 0 radical (unpaired) electrons. The summed E-state index contributed by atoms with van der Waals surface area (Å²) in [5.74, 6) is 0.625. The Morgan fingerprint density at radius 1 is 0.800 bits per heavy atom. The third-order valence-electron chi connectivity index (χ3n) is 3.72. The molecule has 4 rings (SSSR count). The van der Waals surface area contributed by atoms with Crippen LogP contribution in [0.15, 0.2) is 64.8 Å². The maximum absolute atomic E-state index is 5.12. The number of ether oxygens (including phenoxy) is 1. The van der Waals surface area contributed by atoms with E-state index in [0.717, 1.165) is 20.5 Å². The molecule has 4 aromatic rings. The van der Waals surface area contributed by atoms with E-state index in [0.29, 0.717) is 5.88 Å². The predicted octanol–water partition coefficient (Wildman–Crippen LogP) is 6.37. The Bertz CT molecular complexity index is 1010. The predicted molar refractivity (Wildman–Crippen MR) is 108 cm³/mol. The second kappa shape index (κ2) is 7.07. The molecule has 0 saturated heterocycles. The minimum Gasteiger partial charge on any atom is -0.481 e. The first kappa shape index (κ1) is 16.4. The summed E-state index contributed by atoms with van der Waals surface area (Å²) < 4.78 is 6.24. The fourth-order valence-electron chi connectivity index (χ4n) is 2.47. The van der Waals surface area contributed by atoms with E-state index < -0.39 is 0 Å². The van der Waals surface area contributed by atoms with Crippen molar-refractivity contribution in [2.24, 2.45) is 0 Å². The van der Waals surface area contributed by atoms with Gasteiger partial charge < -0.3 is 4.74 Å². The molecule has 0 saturated carbocycles. The Balaban J connectivity index is 1.65. The first-order valence-electron chi connectivity index (χ1n) is 7.54. The molecule has 3 nitrogen and oxygen atoms in total.